The van der Waals surface area contributed by atoms with E-state index >= 15 is 0 Å². The van der Waals surface area contributed by atoms with E-state index in [2.05, 4.69) is 12.2 Å². The molecule has 0 radical (unpaired) electrons. The number of rotatable bonds is 8. The van der Waals surface area contributed by atoms with E-state index in [-0.39, 0.29) is 11.9 Å². The van der Waals surface area contributed by atoms with Crippen molar-refractivity contribution in [3.8, 4) is 5.75 Å². The molecule has 0 fully saturated rings. The fourth-order valence-electron chi connectivity index (χ4n) is 2.25. The molecule has 1 unspecified atom stereocenters. The molecular weight excluding hydrogens is 265 g/mol. The van der Waals surface area contributed by atoms with Gasteiger partial charge in [0.2, 0.25) is 0 Å². The van der Waals surface area contributed by atoms with Crippen LogP contribution in [0.2, 0.25) is 0 Å². The summed E-state index contributed by atoms with van der Waals surface area (Å²) in [6.45, 7) is 3.70. The summed E-state index contributed by atoms with van der Waals surface area (Å²) in [6, 6.07) is 16.8. The van der Waals surface area contributed by atoms with Crippen molar-refractivity contribution >= 4 is 0 Å². The highest BCUT2D eigenvalue weighted by molar-refractivity contribution is 5.21. The summed E-state index contributed by atoms with van der Waals surface area (Å²) in [4.78, 5) is 0. The summed E-state index contributed by atoms with van der Waals surface area (Å²) in [5.41, 5.74) is 1.13. The molecule has 0 aliphatic rings. The van der Waals surface area contributed by atoms with E-state index < -0.39 is 0 Å². The Morgan fingerprint density at radius 1 is 1.05 bits per heavy atom. The molecule has 0 aliphatic heterocycles. The second kappa shape index (κ2) is 8.42. The highest BCUT2D eigenvalue weighted by Crippen LogP contribution is 2.16. The van der Waals surface area contributed by atoms with Gasteiger partial charge in [-0.05, 0) is 49.2 Å². The van der Waals surface area contributed by atoms with Gasteiger partial charge in [0.1, 0.15) is 11.6 Å². The first-order valence-electron chi connectivity index (χ1n) is 7.46. The molecule has 2 aromatic carbocycles. The van der Waals surface area contributed by atoms with Gasteiger partial charge in [0.25, 0.3) is 0 Å². The zero-order valence-corrected chi connectivity index (χ0v) is 12.4. The topological polar surface area (TPSA) is 21.3 Å². The molecule has 0 saturated heterocycles. The summed E-state index contributed by atoms with van der Waals surface area (Å²) in [7, 11) is 0. The van der Waals surface area contributed by atoms with E-state index in [1.54, 1.807) is 0 Å². The van der Waals surface area contributed by atoms with Gasteiger partial charge in [0.15, 0.2) is 0 Å². The molecule has 21 heavy (non-hydrogen) atoms. The third-order valence-corrected chi connectivity index (χ3v) is 3.40. The van der Waals surface area contributed by atoms with E-state index in [1.807, 2.05) is 42.5 Å². The molecule has 0 amide bonds. The Morgan fingerprint density at radius 2 is 1.76 bits per heavy atom. The maximum absolute atomic E-state index is 12.9. The van der Waals surface area contributed by atoms with Crippen molar-refractivity contribution in [1.29, 1.82) is 0 Å². The Bertz CT molecular complexity index is 513. The number of hydrogen-bond donors (Lipinski definition) is 1. The van der Waals surface area contributed by atoms with E-state index in [9.17, 15) is 4.39 Å². The monoisotopic (exact) mass is 287 g/mol. The van der Waals surface area contributed by atoms with Gasteiger partial charge in [-0.2, -0.15) is 0 Å². The number of hydrogen-bond acceptors (Lipinski definition) is 2. The van der Waals surface area contributed by atoms with Gasteiger partial charge in [-0.3, -0.25) is 0 Å². The predicted molar refractivity (Wildman–Crippen MR) is 84.0 cm³/mol. The summed E-state index contributed by atoms with van der Waals surface area (Å²) in [5.74, 6) is 0.716. The molecule has 1 N–H and O–H groups in total. The largest absolute Gasteiger partial charge is 0.494 e. The van der Waals surface area contributed by atoms with E-state index in [1.165, 1.54) is 12.1 Å². The molecule has 0 heterocycles. The first-order valence-corrected chi connectivity index (χ1v) is 7.46. The number of ether oxygens (including phenoxy) is 1. The van der Waals surface area contributed by atoms with Gasteiger partial charge < -0.3 is 10.1 Å². The maximum Gasteiger partial charge on any atom is 0.123 e. The van der Waals surface area contributed by atoms with Gasteiger partial charge >= 0.3 is 0 Å². The minimum atomic E-state index is -0.190. The molecule has 3 heteroatoms. The van der Waals surface area contributed by atoms with Crippen LogP contribution in [0.1, 0.15) is 31.4 Å². The predicted octanol–water partition coefficient (Wildman–Crippen LogP) is 4.34. The Kier molecular flexibility index (Phi) is 6.22. The molecular formula is C18H22FNO. The van der Waals surface area contributed by atoms with Crippen LogP contribution in [0.25, 0.3) is 0 Å². The molecule has 0 saturated carbocycles. The molecule has 0 aliphatic carbocycles. The van der Waals surface area contributed by atoms with Gasteiger partial charge in [0.05, 0.1) is 6.61 Å². The van der Waals surface area contributed by atoms with Crippen LogP contribution in [0.5, 0.6) is 5.75 Å². The van der Waals surface area contributed by atoms with Crippen molar-refractivity contribution in [2.75, 3.05) is 13.2 Å². The van der Waals surface area contributed by atoms with Crippen LogP contribution in [-0.2, 0) is 0 Å². The quantitative estimate of drug-likeness (QED) is 0.729. The Balaban J connectivity index is 1.70. The van der Waals surface area contributed by atoms with Gasteiger partial charge in [-0.1, -0.05) is 37.3 Å². The maximum atomic E-state index is 12.9. The summed E-state index contributed by atoms with van der Waals surface area (Å²) >= 11 is 0. The summed E-state index contributed by atoms with van der Waals surface area (Å²) in [6.07, 6.45) is 1.91. The normalized spacial score (nSPS) is 12.1. The van der Waals surface area contributed by atoms with Gasteiger partial charge in [0, 0.05) is 6.04 Å². The number of halogens is 1. The minimum Gasteiger partial charge on any atom is -0.494 e. The smallest absolute Gasteiger partial charge is 0.123 e. The first-order chi connectivity index (χ1) is 10.3. The fourth-order valence-corrected chi connectivity index (χ4v) is 2.25. The van der Waals surface area contributed by atoms with Crippen molar-refractivity contribution in [2.45, 2.75) is 25.8 Å². The molecule has 0 aromatic heterocycles. The first kappa shape index (κ1) is 15.5. The number of nitrogens with one attached hydrogen (secondary N) is 1. The molecule has 1 atom stereocenters. The number of benzene rings is 2. The highest BCUT2D eigenvalue weighted by Gasteiger charge is 2.08. The number of para-hydroxylation sites is 1. The lowest BCUT2D eigenvalue weighted by molar-refractivity contribution is 0.304. The summed E-state index contributed by atoms with van der Waals surface area (Å²) in [5, 5.41) is 3.49. The SMILES string of the molecule is CCC(NCCCOc1ccccc1)c1ccc(F)cc1. The molecule has 2 aromatic rings. The van der Waals surface area contributed by atoms with Crippen molar-refractivity contribution in [1.82, 2.24) is 5.32 Å². The Morgan fingerprint density at radius 3 is 2.43 bits per heavy atom. The highest BCUT2D eigenvalue weighted by atomic mass is 19.1. The molecule has 0 spiro atoms. The summed E-state index contributed by atoms with van der Waals surface area (Å²) < 4.78 is 18.6. The van der Waals surface area contributed by atoms with Crippen LogP contribution in [0, 0.1) is 5.82 Å². The average Bonchev–Trinajstić information content (AvgIpc) is 2.53. The van der Waals surface area contributed by atoms with Crippen LogP contribution in [0.3, 0.4) is 0 Å². The van der Waals surface area contributed by atoms with E-state index in [4.69, 9.17) is 4.74 Å². The fraction of sp³-hybridized carbons (Fsp3) is 0.333. The molecule has 0 bridgehead atoms. The third-order valence-electron chi connectivity index (χ3n) is 3.40. The van der Waals surface area contributed by atoms with E-state index in [0.717, 1.165) is 30.7 Å². The molecule has 112 valence electrons. The van der Waals surface area contributed by atoms with Crippen LogP contribution in [-0.4, -0.2) is 13.2 Å². The third kappa shape index (κ3) is 5.20. The van der Waals surface area contributed by atoms with Crippen LogP contribution in [0.15, 0.2) is 54.6 Å². The van der Waals surface area contributed by atoms with Crippen LogP contribution in [0.4, 0.5) is 4.39 Å². The van der Waals surface area contributed by atoms with Crippen LogP contribution < -0.4 is 10.1 Å². The van der Waals surface area contributed by atoms with Crippen molar-refractivity contribution in [2.24, 2.45) is 0 Å². The average molecular weight is 287 g/mol. The van der Waals surface area contributed by atoms with E-state index in [0.29, 0.717) is 6.61 Å². The minimum absolute atomic E-state index is 0.190. The molecule has 2 rings (SSSR count). The second-order valence-corrected chi connectivity index (χ2v) is 4.98. The zero-order chi connectivity index (χ0) is 14.9. The lowest BCUT2D eigenvalue weighted by Gasteiger charge is -2.17. The van der Waals surface area contributed by atoms with Crippen LogP contribution >= 0.6 is 0 Å². The Hall–Kier alpha value is -1.87. The van der Waals surface area contributed by atoms with Gasteiger partial charge in [-0.15, -0.1) is 0 Å². The molecule has 2 nitrogen and oxygen atoms in total. The van der Waals surface area contributed by atoms with Crippen molar-refractivity contribution < 1.29 is 9.13 Å². The van der Waals surface area contributed by atoms with Crippen molar-refractivity contribution in [3.05, 3.63) is 66.0 Å². The lowest BCUT2D eigenvalue weighted by Crippen LogP contribution is -2.23. The van der Waals surface area contributed by atoms with Gasteiger partial charge in [-0.25, -0.2) is 4.39 Å². The second-order valence-electron chi connectivity index (χ2n) is 4.98. The standard InChI is InChI=1S/C18H22FNO/c1-2-18(15-9-11-16(19)12-10-15)20-13-6-14-21-17-7-4-3-5-8-17/h3-5,7-12,18,20H,2,6,13-14H2,1H3. The van der Waals surface area contributed by atoms with Crippen molar-refractivity contribution in [3.63, 3.8) is 0 Å². The Labute approximate surface area is 126 Å². The zero-order valence-electron chi connectivity index (χ0n) is 12.4. The lowest BCUT2D eigenvalue weighted by atomic mass is 10.0.